The summed E-state index contributed by atoms with van der Waals surface area (Å²) >= 11 is 1.41. The summed E-state index contributed by atoms with van der Waals surface area (Å²) in [4.78, 5) is 16.6. The summed E-state index contributed by atoms with van der Waals surface area (Å²) in [6.45, 7) is 2.27. The van der Waals surface area contributed by atoms with Crippen molar-refractivity contribution in [3.63, 3.8) is 0 Å². The number of hydrogen-bond acceptors (Lipinski definition) is 5. The Morgan fingerprint density at radius 3 is 2.58 bits per heavy atom. The molecule has 5 nitrogen and oxygen atoms in total. The summed E-state index contributed by atoms with van der Waals surface area (Å²) in [6, 6.07) is 17.8. The number of nitrogens with zero attached hydrogens (tertiary/aromatic N) is 1. The quantitative estimate of drug-likeness (QED) is 0.660. The Kier molecular flexibility index (Phi) is 5.99. The van der Waals surface area contributed by atoms with Crippen LogP contribution in [-0.4, -0.2) is 24.5 Å². The van der Waals surface area contributed by atoms with Crippen LogP contribution in [0, 0.1) is 0 Å². The van der Waals surface area contributed by atoms with Gasteiger partial charge in [-0.2, -0.15) is 0 Å². The predicted octanol–water partition coefficient (Wildman–Crippen LogP) is 4.11. The standard InChI is InChI=1S/C20H21N3O2S/c1-14(15-6-4-3-5-7-15)21-12-19(24)23-20-22-18(13-26-20)16-8-10-17(25-2)11-9-16/h3-11,13-14,21H,12H2,1-2H3,(H,22,23,24)/t14-/m0/s1. The van der Waals surface area contributed by atoms with Gasteiger partial charge in [0.25, 0.3) is 0 Å². The Balaban J connectivity index is 1.54. The maximum atomic E-state index is 12.2. The number of benzene rings is 2. The van der Waals surface area contributed by atoms with Gasteiger partial charge in [0.05, 0.1) is 19.3 Å². The maximum absolute atomic E-state index is 12.2. The molecule has 26 heavy (non-hydrogen) atoms. The molecule has 1 aromatic heterocycles. The van der Waals surface area contributed by atoms with E-state index in [1.54, 1.807) is 7.11 Å². The molecule has 134 valence electrons. The molecule has 0 unspecified atom stereocenters. The van der Waals surface area contributed by atoms with Crippen LogP contribution in [0.15, 0.2) is 60.0 Å². The second-order valence-corrected chi connectivity index (χ2v) is 6.69. The minimum absolute atomic E-state index is 0.105. The molecule has 0 bridgehead atoms. The number of anilines is 1. The van der Waals surface area contributed by atoms with Crippen LogP contribution in [0.1, 0.15) is 18.5 Å². The molecular formula is C20H21N3O2S. The third-order valence-electron chi connectivity index (χ3n) is 4.00. The zero-order chi connectivity index (χ0) is 18.4. The molecule has 3 rings (SSSR count). The third-order valence-corrected chi connectivity index (χ3v) is 4.76. The highest BCUT2D eigenvalue weighted by molar-refractivity contribution is 7.14. The van der Waals surface area contributed by atoms with E-state index in [-0.39, 0.29) is 18.5 Å². The summed E-state index contributed by atoms with van der Waals surface area (Å²) in [5.41, 5.74) is 2.97. The van der Waals surface area contributed by atoms with Crippen molar-refractivity contribution in [1.29, 1.82) is 0 Å². The van der Waals surface area contributed by atoms with Gasteiger partial charge in [0, 0.05) is 17.0 Å². The predicted molar refractivity (Wildman–Crippen MR) is 106 cm³/mol. The second kappa shape index (κ2) is 8.60. The first-order chi connectivity index (χ1) is 12.7. The number of hydrogen-bond donors (Lipinski definition) is 2. The Hall–Kier alpha value is -2.70. The number of amides is 1. The van der Waals surface area contributed by atoms with E-state index in [1.807, 2.05) is 66.9 Å². The van der Waals surface area contributed by atoms with Crippen molar-refractivity contribution in [2.75, 3.05) is 19.0 Å². The molecule has 0 radical (unpaired) electrons. The number of methoxy groups -OCH3 is 1. The first-order valence-electron chi connectivity index (χ1n) is 8.34. The van der Waals surface area contributed by atoms with Crippen LogP contribution in [0.4, 0.5) is 5.13 Å². The van der Waals surface area contributed by atoms with E-state index in [4.69, 9.17) is 4.74 Å². The third kappa shape index (κ3) is 4.68. The van der Waals surface area contributed by atoms with E-state index in [9.17, 15) is 4.79 Å². The molecule has 0 aliphatic rings. The molecule has 1 atom stereocenters. The lowest BCUT2D eigenvalue weighted by molar-refractivity contribution is -0.115. The Morgan fingerprint density at radius 1 is 1.15 bits per heavy atom. The number of rotatable bonds is 7. The van der Waals surface area contributed by atoms with E-state index in [0.29, 0.717) is 5.13 Å². The van der Waals surface area contributed by atoms with Crippen LogP contribution in [0.2, 0.25) is 0 Å². The lowest BCUT2D eigenvalue weighted by Gasteiger charge is -2.13. The number of carbonyl (C=O) groups excluding carboxylic acids is 1. The van der Waals surface area contributed by atoms with Crippen LogP contribution >= 0.6 is 11.3 Å². The fourth-order valence-electron chi connectivity index (χ4n) is 2.49. The van der Waals surface area contributed by atoms with Crippen molar-refractivity contribution in [2.45, 2.75) is 13.0 Å². The highest BCUT2D eigenvalue weighted by Gasteiger charge is 2.10. The molecule has 3 aromatic rings. The van der Waals surface area contributed by atoms with Crippen LogP contribution in [0.5, 0.6) is 5.75 Å². The summed E-state index contributed by atoms with van der Waals surface area (Å²) in [6.07, 6.45) is 0. The normalized spacial score (nSPS) is 11.8. The van der Waals surface area contributed by atoms with Gasteiger partial charge in [-0.25, -0.2) is 4.98 Å². The lowest BCUT2D eigenvalue weighted by atomic mass is 10.1. The average molecular weight is 367 g/mol. The van der Waals surface area contributed by atoms with Crippen LogP contribution < -0.4 is 15.4 Å². The SMILES string of the molecule is COc1ccc(-c2csc(NC(=O)CN[C@@H](C)c3ccccc3)n2)cc1. The molecule has 0 saturated carbocycles. The maximum Gasteiger partial charge on any atom is 0.240 e. The summed E-state index contributed by atoms with van der Waals surface area (Å²) in [5, 5.41) is 8.58. The van der Waals surface area contributed by atoms with Crippen molar-refractivity contribution < 1.29 is 9.53 Å². The van der Waals surface area contributed by atoms with Crippen LogP contribution in [0.25, 0.3) is 11.3 Å². The van der Waals surface area contributed by atoms with Crippen molar-refractivity contribution in [1.82, 2.24) is 10.3 Å². The van der Waals surface area contributed by atoms with Gasteiger partial charge in [-0.15, -0.1) is 11.3 Å². The zero-order valence-electron chi connectivity index (χ0n) is 14.7. The lowest BCUT2D eigenvalue weighted by Crippen LogP contribution is -2.30. The smallest absolute Gasteiger partial charge is 0.240 e. The number of ether oxygens (including phenoxy) is 1. The highest BCUT2D eigenvalue weighted by atomic mass is 32.1. The van der Waals surface area contributed by atoms with E-state index in [1.165, 1.54) is 11.3 Å². The minimum Gasteiger partial charge on any atom is -0.497 e. The average Bonchev–Trinajstić information content (AvgIpc) is 3.15. The van der Waals surface area contributed by atoms with E-state index in [2.05, 4.69) is 15.6 Å². The molecule has 0 saturated heterocycles. The van der Waals surface area contributed by atoms with Gasteiger partial charge >= 0.3 is 0 Å². The summed E-state index contributed by atoms with van der Waals surface area (Å²) < 4.78 is 5.16. The minimum atomic E-state index is -0.108. The molecule has 1 amide bonds. The van der Waals surface area contributed by atoms with Gasteiger partial charge in [0.2, 0.25) is 5.91 Å². The summed E-state index contributed by atoms with van der Waals surface area (Å²) in [7, 11) is 1.64. The van der Waals surface area contributed by atoms with E-state index >= 15 is 0 Å². The fraction of sp³-hybridized carbons (Fsp3) is 0.200. The molecular weight excluding hydrogens is 346 g/mol. The molecule has 0 aliphatic carbocycles. The molecule has 0 fully saturated rings. The van der Waals surface area contributed by atoms with E-state index in [0.717, 1.165) is 22.6 Å². The van der Waals surface area contributed by atoms with Crippen molar-refractivity contribution in [2.24, 2.45) is 0 Å². The first-order valence-corrected chi connectivity index (χ1v) is 9.22. The topological polar surface area (TPSA) is 63.2 Å². The largest absolute Gasteiger partial charge is 0.497 e. The molecule has 2 aromatic carbocycles. The number of thiazole rings is 1. The molecule has 6 heteroatoms. The zero-order valence-corrected chi connectivity index (χ0v) is 15.5. The van der Waals surface area contributed by atoms with Gasteiger partial charge in [-0.3, -0.25) is 4.79 Å². The number of nitrogens with one attached hydrogen (secondary N) is 2. The van der Waals surface area contributed by atoms with Crippen molar-refractivity contribution >= 4 is 22.4 Å². The molecule has 0 spiro atoms. The Morgan fingerprint density at radius 2 is 1.88 bits per heavy atom. The fourth-order valence-corrected chi connectivity index (χ4v) is 3.23. The van der Waals surface area contributed by atoms with Crippen molar-refractivity contribution in [3.05, 3.63) is 65.5 Å². The Labute approximate surface area is 157 Å². The van der Waals surface area contributed by atoms with Gasteiger partial charge in [0.15, 0.2) is 5.13 Å². The Bertz CT molecular complexity index is 847. The van der Waals surface area contributed by atoms with Crippen LogP contribution in [0.3, 0.4) is 0 Å². The number of aromatic nitrogens is 1. The number of carbonyl (C=O) groups is 1. The first kappa shape index (κ1) is 18.1. The second-order valence-electron chi connectivity index (χ2n) is 5.83. The van der Waals surface area contributed by atoms with Gasteiger partial charge in [-0.05, 0) is 36.8 Å². The monoisotopic (exact) mass is 367 g/mol. The van der Waals surface area contributed by atoms with Crippen LogP contribution in [-0.2, 0) is 4.79 Å². The van der Waals surface area contributed by atoms with Gasteiger partial charge in [-0.1, -0.05) is 30.3 Å². The van der Waals surface area contributed by atoms with Gasteiger partial charge in [0.1, 0.15) is 5.75 Å². The highest BCUT2D eigenvalue weighted by Crippen LogP contribution is 2.26. The molecule has 1 heterocycles. The molecule has 2 N–H and O–H groups in total. The van der Waals surface area contributed by atoms with Gasteiger partial charge < -0.3 is 15.4 Å². The van der Waals surface area contributed by atoms with E-state index < -0.39 is 0 Å². The molecule has 0 aliphatic heterocycles. The van der Waals surface area contributed by atoms with Crippen molar-refractivity contribution in [3.8, 4) is 17.0 Å². The summed E-state index contributed by atoms with van der Waals surface area (Å²) in [5.74, 6) is 0.694.